The van der Waals surface area contributed by atoms with Gasteiger partial charge in [-0.15, -0.1) is 0 Å². The average molecular weight is 404 g/mol. The Morgan fingerprint density at radius 3 is 2.50 bits per heavy atom. The summed E-state index contributed by atoms with van der Waals surface area (Å²) in [6, 6.07) is 12.2. The van der Waals surface area contributed by atoms with E-state index in [4.69, 9.17) is 4.74 Å². The maximum absolute atomic E-state index is 12.7. The molecule has 1 aliphatic heterocycles. The number of hydrogen-bond donors (Lipinski definition) is 2. The van der Waals surface area contributed by atoms with Crippen molar-refractivity contribution in [2.24, 2.45) is 0 Å². The Hall–Kier alpha value is -2.42. The smallest absolute Gasteiger partial charge is 0.243 e. The maximum atomic E-state index is 12.7. The number of rotatable bonds is 6. The molecule has 0 aliphatic carbocycles. The van der Waals surface area contributed by atoms with E-state index in [1.807, 2.05) is 32.0 Å². The summed E-state index contributed by atoms with van der Waals surface area (Å²) >= 11 is 0. The highest BCUT2D eigenvalue weighted by molar-refractivity contribution is 7.89. The van der Waals surface area contributed by atoms with Gasteiger partial charge < -0.3 is 15.4 Å². The lowest BCUT2D eigenvalue weighted by atomic mass is 10.1. The minimum Gasteiger partial charge on any atom is -0.379 e. The van der Waals surface area contributed by atoms with Crippen LogP contribution in [0.2, 0.25) is 0 Å². The third-order valence-corrected chi connectivity index (χ3v) is 6.58. The molecular formula is C20H25N3O4S. The van der Waals surface area contributed by atoms with E-state index in [2.05, 4.69) is 10.6 Å². The maximum Gasteiger partial charge on any atom is 0.243 e. The van der Waals surface area contributed by atoms with Crippen LogP contribution in [0.5, 0.6) is 0 Å². The topological polar surface area (TPSA) is 87.7 Å². The Morgan fingerprint density at radius 1 is 1.04 bits per heavy atom. The lowest BCUT2D eigenvalue weighted by molar-refractivity contribution is -0.114. The predicted octanol–water partition coefficient (Wildman–Crippen LogP) is 2.37. The molecule has 0 spiro atoms. The van der Waals surface area contributed by atoms with Crippen molar-refractivity contribution in [2.75, 3.05) is 43.5 Å². The largest absolute Gasteiger partial charge is 0.379 e. The molecule has 7 nitrogen and oxygen atoms in total. The molecular weight excluding hydrogens is 378 g/mol. The van der Waals surface area contributed by atoms with Gasteiger partial charge in [0.15, 0.2) is 0 Å². The molecule has 0 atom stereocenters. The van der Waals surface area contributed by atoms with Crippen LogP contribution >= 0.6 is 0 Å². The molecule has 1 heterocycles. The monoisotopic (exact) mass is 403 g/mol. The highest BCUT2D eigenvalue weighted by atomic mass is 32.2. The summed E-state index contributed by atoms with van der Waals surface area (Å²) < 4.78 is 32.1. The van der Waals surface area contributed by atoms with Crippen molar-refractivity contribution in [1.82, 2.24) is 4.31 Å². The first-order chi connectivity index (χ1) is 13.4. The lowest BCUT2D eigenvalue weighted by Crippen LogP contribution is -2.40. The van der Waals surface area contributed by atoms with Gasteiger partial charge in [-0.2, -0.15) is 4.31 Å². The van der Waals surface area contributed by atoms with Gasteiger partial charge in [-0.3, -0.25) is 4.79 Å². The summed E-state index contributed by atoms with van der Waals surface area (Å²) in [6.07, 6.45) is 0. The first kappa shape index (κ1) is 20.3. The summed E-state index contributed by atoms with van der Waals surface area (Å²) in [5.41, 5.74) is 3.57. The molecule has 1 aliphatic rings. The Bertz CT molecular complexity index is 954. The molecule has 1 amide bonds. The molecule has 2 N–H and O–H groups in total. The SMILES string of the molecule is Cc1ccc(NC(=O)CNc2cccc(S(=O)(=O)N3CCOCC3)c2)cc1C. The standard InChI is InChI=1S/C20H25N3O4S/c1-15-6-7-18(12-16(15)2)22-20(24)14-21-17-4-3-5-19(13-17)28(25,26)23-8-10-27-11-9-23/h3-7,12-13,21H,8-11,14H2,1-2H3,(H,22,24). The number of morpholine rings is 1. The second-order valence-corrected chi connectivity index (χ2v) is 8.68. The van der Waals surface area contributed by atoms with Gasteiger partial charge in [-0.1, -0.05) is 12.1 Å². The summed E-state index contributed by atoms with van der Waals surface area (Å²) in [4.78, 5) is 12.4. The second-order valence-electron chi connectivity index (χ2n) is 6.75. The molecule has 8 heteroatoms. The van der Waals surface area contributed by atoms with E-state index in [-0.39, 0.29) is 17.3 Å². The summed E-state index contributed by atoms with van der Waals surface area (Å²) in [7, 11) is -3.57. The normalized spacial score (nSPS) is 15.2. The number of nitrogens with zero attached hydrogens (tertiary/aromatic N) is 1. The third kappa shape index (κ3) is 4.89. The highest BCUT2D eigenvalue weighted by Gasteiger charge is 2.26. The first-order valence-corrected chi connectivity index (χ1v) is 10.6. The zero-order chi connectivity index (χ0) is 20.1. The number of amides is 1. The number of sulfonamides is 1. The van der Waals surface area contributed by atoms with Crippen molar-refractivity contribution in [3.05, 3.63) is 53.6 Å². The van der Waals surface area contributed by atoms with Crippen molar-refractivity contribution >= 4 is 27.3 Å². The molecule has 1 fully saturated rings. The molecule has 28 heavy (non-hydrogen) atoms. The minimum atomic E-state index is -3.57. The minimum absolute atomic E-state index is 0.0357. The van der Waals surface area contributed by atoms with Crippen molar-refractivity contribution in [3.8, 4) is 0 Å². The number of aryl methyl sites for hydroxylation is 2. The number of ether oxygens (including phenoxy) is 1. The number of anilines is 2. The quantitative estimate of drug-likeness (QED) is 0.773. The second kappa shape index (κ2) is 8.72. The number of benzene rings is 2. The Morgan fingerprint density at radius 2 is 1.79 bits per heavy atom. The fraction of sp³-hybridized carbons (Fsp3) is 0.350. The van der Waals surface area contributed by atoms with Gasteiger partial charge in [-0.25, -0.2) is 8.42 Å². The number of carbonyl (C=O) groups is 1. The first-order valence-electron chi connectivity index (χ1n) is 9.15. The van der Waals surface area contributed by atoms with Gasteiger partial charge in [0, 0.05) is 24.5 Å². The van der Waals surface area contributed by atoms with Crippen molar-refractivity contribution in [1.29, 1.82) is 0 Å². The van der Waals surface area contributed by atoms with Crippen LogP contribution in [0.3, 0.4) is 0 Å². The van der Waals surface area contributed by atoms with Crippen LogP contribution in [0, 0.1) is 13.8 Å². The van der Waals surface area contributed by atoms with Gasteiger partial charge in [0.05, 0.1) is 24.7 Å². The van der Waals surface area contributed by atoms with Gasteiger partial charge in [0.25, 0.3) is 0 Å². The van der Waals surface area contributed by atoms with E-state index in [0.29, 0.717) is 32.0 Å². The molecule has 150 valence electrons. The van der Waals surface area contributed by atoms with E-state index in [0.717, 1.165) is 16.8 Å². The lowest BCUT2D eigenvalue weighted by Gasteiger charge is -2.26. The van der Waals surface area contributed by atoms with Crippen LogP contribution in [0.15, 0.2) is 47.4 Å². The van der Waals surface area contributed by atoms with Gasteiger partial charge in [0.2, 0.25) is 15.9 Å². The molecule has 0 unspecified atom stereocenters. The van der Waals surface area contributed by atoms with E-state index < -0.39 is 10.0 Å². The summed E-state index contributed by atoms with van der Waals surface area (Å²) in [6.45, 7) is 5.53. The third-order valence-electron chi connectivity index (χ3n) is 4.69. The summed E-state index contributed by atoms with van der Waals surface area (Å²) in [5, 5.41) is 5.82. The Labute approximate surface area is 165 Å². The van der Waals surface area contributed by atoms with Crippen LogP contribution < -0.4 is 10.6 Å². The van der Waals surface area contributed by atoms with Gasteiger partial charge >= 0.3 is 0 Å². The zero-order valence-corrected chi connectivity index (χ0v) is 16.9. The average Bonchev–Trinajstić information content (AvgIpc) is 2.70. The molecule has 2 aromatic rings. The Balaban J connectivity index is 1.62. The molecule has 0 bridgehead atoms. The summed E-state index contributed by atoms with van der Waals surface area (Å²) in [5.74, 6) is -0.204. The van der Waals surface area contributed by atoms with E-state index in [1.54, 1.807) is 24.3 Å². The highest BCUT2D eigenvalue weighted by Crippen LogP contribution is 2.20. The molecule has 1 saturated heterocycles. The van der Waals surface area contributed by atoms with E-state index in [9.17, 15) is 13.2 Å². The van der Waals surface area contributed by atoms with Crippen LogP contribution in [-0.2, 0) is 19.6 Å². The zero-order valence-electron chi connectivity index (χ0n) is 16.1. The fourth-order valence-electron chi connectivity index (χ4n) is 2.91. The predicted molar refractivity (Wildman–Crippen MR) is 109 cm³/mol. The van der Waals surface area contributed by atoms with Crippen molar-refractivity contribution in [2.45, 2.75) is 18.7 Å². The Kier molecular flexibility index (Phi) is 6.33. The number of carbonyl (C=O) groups excluding carboxylic acids is 1. The van der Waals surface area contributed by atoms with E-state index >= 15 is 0 Å². The number of nitrogens with one attached hydrogen (secondary N) is 2. The van der Waals surface area contributed by atoms with Crippen LogP contribution in [-0.4, -0.2) is 51.5 Å². The van der Waals surface area contributed by atoms with Crippen LogP contribution in [0.1, 0.15) is 11.1 Å². The van der Waals surface area contributed by atoms with Crippen molar-refractivity contribution < 1.29 is 17.9 Å². The molecule has 0 saturated carbocycles. The van der Waals surface area contributed by atoms with Gasteiger partial charge in [-0.05, 0) is 55.3 Å². The van der Waals surface area contributed by atoms with E-state index in [1.165, 1.54) is 4.31 Å². The molecule has 3 rings (SSSR count). The van der Waals surface area contributed by atoms with Crippen LogP contribution in [0.4, 0.5) is 11.4 Å². The number of hydrogen-bond acceptors (Lipinski definition) is 5. The van der Waals surface area contributed by atoms with Crippen molar-refractivity contribution in [3.63, 3.8) is 0 Å². The van der Waals surface area contributed by atoms with Crippen LogP contribution in [0.25, 0.3) is 0 Å². The fourth-order valence-corrected chi connectivity index (χ4v) is 4.36. The van der Waals surface area contributed by atoms with Gasteiger partial charge in [0.1, 0.15) is 0 Å². The molecule has 0 radical (unpaired) electrons. The molecule has 2 aromatic carbocycles. The molecule has 0 aromatic heterocycles.